The summed E-state index contributed by atoms with van der Waals surface area (Å²) in [4.78, 5) is 41.5. The maximum Gasteiger partial charge on any atom is 0.270 e. The molecule has 0 saturated carbocycles. The van der Waals surface area contributed by atoms with Gasteiger partial charge < -0.3 is 15.0 Å². The summed E-state index contributed by atoms with van der Waals surface area (Å²) < 4.78 is 7.59. The second kappa shape index (κ2) is 7.42. The molecule has 3 aromatic rings. The predicted octanol–water partition coefficient (Wildman–Crippen LogP) is 2.92. The lowest BCUT2D eigenvalue weighted by Gasteiger charge is -2.36. The summed E-state index contributed by atoms with van der Waals surface area (Å²) in [5.74, 6) is 0.426. The van der Waals surface area contributed by atoms with Crippen molar-refractivity contribution in [3.05, 3.63) is 62.2 Å². The number of H-pyrrole nitrogens is 2. The van der Waals surface area contributed by atoms with Crippen molar-refractivity contribution in [2.75, 3.05) is 17.7 Å². The Kier molecular flexibility index (Phi) is 4.82. The lowest BCUT2D eigenvalue weighted by Crippen LogP contribution is -2.36. The van der Waals surface area contributed by atoms with Crippen molar-refractivity contribution in [1.82, 2.24) is 14.8 Å². The van der Waals surface area contributed by atoms with Crippen LogP contribution in [0.1, 0.15) is 49.1 Å². The molecule has 1 fully saturated rings. The quantitative estimate of drug-likeness (QED) is 0.568. The molecule has 1 aromatic carbocycles. The Hall–Kier alpha value is -2.78. The van der Waals surface area contributed by atoms with Crippen molar-refractivity contribution in [3.63, 3.8) is 0 Å². The fraction of sp³-hybridized carbons (Fsp3) is 0.409. The molecule has 31 heavy (non-hydrogen) atoms. The van der Waals surface area contributed by atoms with Crippen molar-refractivity contribution >= 4 is 34.4 Å². The van der Waals surface area contributed by atoms with Crippen molar-refractivity contribution in [1.29, 1.82) is 0 Å². The Balaban J connectivity index is 1.66. The smallest absolute Gasteiger partial charge is 0.270 e. The van der Waals surface area contributed by atoms with Crippen molar-refractivity contribution < 1.29 is 9.53 Å². The van der Waals surface area contributed by atoms with Gasteiger partial charge in [0.1, 0.15) is 5.82 Å². The number of pyridine rings is 1. The van der Waals surface area contributed by atoms with Crippen LogP contribution >= 0.6 is 11.8 Å². The molecular weight excluding hydrogens is 416 g/mol. The number of para-hydroxylation sites is 1. The van der Waals surface area contributed by atoms with Crippen LogP contribution in [0.5, 0.6) is 0 Å². The van der Waals surface area contributed by atoms with Crippen LogP contribution in [0.15, 0.2) is 39.9 Å². The van der Waals surface area contributed by atoms with E-state index in [9.17, 15) is 14.4 Å². The van der Waals surface area contributed by atoms with E-state index >= 15 is 0 Å². The number of aromatic amines is 2. The Morgan fingerprint density at radius 1 is 1.16 bits per heavy atom. The van der Waals surface area contributed by atoms with Crippen molar-refractivity contribution in [2.24, 2.45) is 0 Å². The van der Waals surface area contributed by atoms with Crippen LogP contribution in [0.3, 0.4) is 0 Å². The number of hydrogen-bond acceptors (Lipinski definition) is 5. The van der Waals surface area contributed by atoms with Crippen LogP contribution in [-0.4, -0.2) is 38.6 Å². The van der Waals surface area contributed by atoms with E-state index in [1.807, 2.05) is 44.2 Å². The summed E-state index contributed by atoms with van der Waals surface area (Å²) in [6.07, 6.45) is 1.43. The third-order valence-electron chi connectivity index (χ3n) is 5.96. The van der Waals surface area contributed by atoms with Gasteiger partial charge in [-0.25, -0.2) is 0 Å². The van der Waals surface area contributed by atoms with E-state index in [1.165, 1.54) is 11.8 Å². The Labute approximate surface area is 182 Å². The maximum atomic E-state index is 13.1. The first-order valence-electron chi connectivity index (χ1n) is 10.3. The topological polar surface area (TPSA) is 109 Å². The number of nitrogens with one attached hydrogen (secondary N) is 3. The number of thioether (sulfide) groups is 1. The zero-order chi connectivity index (χ0) is 21.8. The van der Waals surface area contributed by atoms with Gasteiger partial charge in [0.05, 0.1) is 28.2 Å². The molecule has 0 radical (unpaired) electrons. The monoisotopic (exact) mass is 440 g/mol. The normalized spacial score (nSPS) is 23.2. The molecule has 1 amide bonds. The van der Waals surface area contributed by atoms with Crippen molar-refractivity contribution in [2.45, 2.75) is 43.6 Å². The highest BCUT2D eigenvalue weighted by Crippen LogP contribution is 2.41. The first kappa shape index (κ1) is 20.1. The van der Waals surface area contributed by atoms with E-state index in [0.717, 1.165) is 17.3 Å². The average Bonchev–Trinajstić information content (AvgIpc) is 2.93. The molecule has 1 saturated heterocycles. The molecule has 0 aliphatic carbocycles. The predicted molar refractivity (Wildman–Crippen MR) is 121 cm³/mol. The molecule has 3 N–H and O–H groups in total. The number of nitrogens with zero attached hydrogens (tertiary/aromatic N) is 1. The molecule has 2 aliphatic rings. The van der Waals surface area contributed by atoms with Crippen LogP contribution in [0.25, 0.3) is 10.9 Å². The molecule has 4 heterocycles. The molecule has 5 rings (SSSR count). The van der Waals surface area contributed by atoms with Gasteiger partial charge in [-0.1, -0.05) is 18.2 Å². The van der Waals surface area contributed by atoms with Crippen LogP contribution in [0, 0.1) is 0 Å². The number of hydrogen-bond donors (Lipinski definition) is 3. The number of rotatable bonds is 2. The maximum absolute atomic E-state index is 13.1. The fourth-order valence-corrected chi connectivity index (χ4v) is 5.67. The average molecular weight is 441 g/mol. The van der Waals surface area contributed by atoms with E-state index in [1.54, 1.807) is 4.68 Å². The number of ether oxygens (including phenoxy) is 1. The number of anilines is 1. The molecule has 2 atom stereocenters. The lowest BCUT2D eigenvalue weighted by atomic mass is 9.94. The minimum absolute atomic E-state index is 0.0147. The number of fused-ring (bicyclic) bond motifs is 2. The standard InChI is InChI=1S/C22H24N4O4S/c1-22(2)10-13(7-8-30-22)26-19-17(21(29)25-26)18(31-11-16(27)24-19)14-9-12-5-3-4-6-15(12)23-20(14)28/h3-6,9,13,18H,7-8,10-11H2,1-2H3,(H,23,28)(H,24,27)(H,25,29). The third kappa shape index (κ3) is 3.61. The van der Waals surface area contributed by atoms with E-state index in [2.05, 4.69) is 15.4 Å². The van der Waals surface area contributed by atoms with Crippen LogP contribution < -0.4 is 16.4 Å². The van der Waals surface area contributed by atoms with Gasteiger partial charge >= 0.3 is 0 Å². The molecule has 0 spiro atoms. The summed E-state index contributed by atoms with van der Waals surface area (Å²) >= 11 is 1.29. The van der Waals surface area contributed by atoms with Gasteiger partial charge in [0, 0.05) is 17.7 Å². The minimum atomic E-state index is -0.555. The molecule has 0 bridgehead atoms. The lowest BCUT2D eigenvalue weighted by molar-refractivity contribution is -0.113. The van der Waals surface area contributed by atoms with E-state index < -0.39 is 5.25 Å². The Morgan fingerprint density at radius 3 is 2.77 bits per heavy atom. The molecule has 2 unspecified atom stereocenters. The largest absolute Gasteiger partial charge is 0.375 e. The SMILES string of the molecule is CC1(C)CC(n2[nH]c(=O)c3c2NC(=O)CSC3c2cc3ccccc3[nH]c2=O)CCO1. The van der Waals surface area contributed by atoms with E-state index in [0.29, 0.717) is 30.0 Å². The van der Waals surface area contributed by atoms with Gasteiger partial charge in [-0.05, 0) is 44.2 Å². The summed E-state index contributed by atoms with van der Waals surface area (Å²) in [5.41, 5.74) is 0.760. The first-order chi connectivity index (χ1) is 14.8. The van der Waals surface area contributed by atoms with Crippen LogP contribution in [0.4, 0.5) is 5.82 Å². The molecule has 2 aromatic heterocycles. The third-order valence-corrected chi connectivity index (χ3v) is 7.22. The Morgan fingerprint density at radius 2 is 1.97 bits per heavy atom. The zero-order valence-electron chi connectivity index (χ0n) is 17.4. The van der Waals surface area contributed by atoms with Gasteiger partial charge in [0.25, 0.3) is 11.1 Å². The number of aromatic nitrogens is 3. The van der Waals surface area contributed by atoms with Crippen LogP contribution in [0.2, 0.25) is 0 Å². The van der Waals surface area contributed by atoms with Gasteiger partial charge in [-0.15, -0.1) is 11.8 Å². The second-order valence-corrected chi connectivity index (χ2v) is 9.80. The number of amides is 1. The molecule has 8 nitrogen and oxygen atoms in total. The highest BCUT2D eigenvalue weighted by Gasteiger charge is 2.36. The summed E-state index contributed by atoms with van der Waals surface area (Å²) in [5, 5.41) is 6.17. The Bertz CT molecular complexity index is 1290. The number of carbonyl (C=O) groups is 1. The molecule has 2 aliphatic heterocycles. The van der Waals surface area contributed by atoms with Gasteiger partial charge in [0.15, 0.2) is 0 Å². The number of benzene rings is 1. The summed E-state index contributed by atoms with van der Waals surface area (Å²) in [7, 11) is 0. The van der Waals surface area contributed by atoms with Gasteiger partial charge in [-0.2, -0.15) is 0 Å². The van der Waals surface area contributed by atoms with E-state index in [4.69, 9.17) is 4.74 Å². The van der Waals surface area contributed by atoms with E-state index in [-0.39, 0.29) is 34.4 Å². The highest BCUT2D eigenvalue weighted by atomic mass is 32.2. The highest BCUT2D eigenvalue weighted by molar-refractivity contribution is 8.00. The second-order valence-electron chi connectivity index (χ2n) is 8.71. The molecular formula is C22H24N4O4S. The summed E-state index contributed by atoms with van der Waals surface area (Å²) in [6.45, 7) is 4.61. The molecule has 162 valence electrons. The van der Waals surface area contributed by atoms with Gasteiger partial charge in [0.2, 0.25) is 5.91 Å². The molecule has 9 heteroatoms. The number of carbonyl (C=O) groups excluding carboxylic acids is 1. The summed E-state index contributed by atoms with van der Waals surface area (Å²) in [6, 6.07) is 9.32. The van der Waals surface area contributed by atoms with Crippen LogP contribution in [-0.2, 0) is 9.53 Å². The van der Waals surface area contributed by atoms with Crippen molar-refractivity contribution in [3.8, 4) is 0 Å². The van der Waals surface area contributed by atoms with Gasteiger partial charge in [-0.3, -0.25) is 24.2 Å². The minimum Gasteiger partial charge on any atom is -0.375 e. The zero-order valence-corrected chi connectivity index (χ0v) is 18.2. The first-order valence-corrected chi connectivity index (χ1v) is 11.4. The fourth-order valence-electron chi connectivity index (χ4n) is 4.54.